The number of hydrogen-bond acceptors (Lipinski definition) is 4. The Morgan fingerprint density at radius 2 is 1.82 bits per heavy atom. The molecule has 1 aromatic carbocycles. The van der Waals surface area contributed by atoms with Crippen LogP contribution in [0.1, 0.15) is 18.4 Å². The van der Waals surface area contributed by atoms with Crippen molar-refractivity contribution in [3.63, 3.8) is 0 Å². The van der Waals surface area contributed by atoms with Crippen molar-refractivity contribution < 1.29 is 21.6 Å². The van der Waals surface area contributed by atoms with Gasteiger partial charge in [0.2, 0.25) is 10.0 Å². The molecule has 0 N–H and O–H groups in total. The molecule has 2 aliphatic heterocycles. The van der Waals surface area contributed by atoms with Crippen LogP contribution in [0.5, 0.6) is 0 Å². The summed E-state index contributed by atoms with van der Waals surface area (Å²) < 4.78 is 66.1. The van der Waals surface area contributed by atoms with E-state index in [4.69, 9.17) is 0 Å². The lowest BCUT2D eigenvalue weighted by molar-refractivity contribution is -0.137. The first-order chi connectivity index (χ1) is 13.2. The number of benzene rings is 1. The Kier molecular flexibility index (Phi) is 4.62. The molecule has 1 spiro atoms. The highest BCUT2D eigenvalue weighted by molar-refractivity contribution is 7.89. The van der Waals surface area contributed by atoms with Crippen molar-refractivity contribution in [1.29, 1.82) is 0 Å². The lowest BCUT2D eigenvalue weighted by Crippen LogP contribution is -2.34. The number of rotatable bonds is 3. The van der Waals surface area contributed by atoms with Gasteiger partial charge in [0.1, 0.15) is 0 Å². The zero-order valence-corrected chi connectivity index (χ0v) is 15.9. The molecule has 0 radical (unpaired) electrons. The number of pyridine rings is 1. The number of hydrogen-bond donors (Lipinski definition) is 0. The fourth-order valence-electron chi connectivity index (χ4n) is 4.11. The topological polar surface area (TPSA) is 53.5 Å². The third kappa shape index (κ3) is 3.48. The minimum absolute atomic E-state index is 0.176. The molecular weight excluding hydrogens is 391 g/mol. The third-order valence-corrected chi connectivity index (χ3v) is 7.49. The lowest BCUT2D eigenvalue weighted by Gasteiger charge is -2.25. The van der Waals surface area contributed by atoms with Crippen molar-refractivity contribution in [2.24, 2.45) is 5.41 Å². The highest BCUT2D eigenvalue weighted by Gasteiger charge is 2.47. The molecule has 5 nitrogen and oxygen atoms in total. The van der Waals surface area contributed by atoms with Gasteiger partial charge < -0.3 is 4.90 Å². The van der Waals surface area contributed by atoms with Gasteiger partial charge in [0, 0.05) is 37.8 Å². The minimum atomic E-state index is -4.58. The molecule has 9 heteroatoms. The normalized spacial score (nSPS) is 23.6. The number of alkyl halides is 3. The van der Waals surface area contributed by atoms with Crippen LogP contribution in [-0.2, 0) is 16.2 Å². The van der Waals surface area contributed by atoms with Gasteiger partial charge in [-0.2, -0.15) is 17.5 Å². The summed E-state index contributed by atoms with van der Waals surface area (Å²) in [5.74, 6) is 0. The number of halogens is 3. The smallest absolute Gasteiger partial charge is 0.370 e. The standard InChI is InChI=1S/C19H20F3N3O2S/c20-19(21,22)15-3-1-5-17(11-15)28(26,27)25-10-7-18(14-25)6-9-24(13-18)16-4-2-8-23-12-16/h1-5,8,11-12H,6-7,9-10,13-14H2. The monoisotopic (exact) mass is 411 g/mol. The minimum Gasteiger partial charge on any atom is -0.370 e. The van der Waals surface area contributed by atoms with E-state index in [1.54, 1.807) is 12.4 Å². The second kappa shape index (κ2) is 6.73. The van der Waals surface area contributed by atoms with Crippen LogP contribution < -0.4 is 4.90 Å². The lowest BCUT2D eigenvalue weighted by atomic mass is 9.86. The summed E-state index contributed by atoms with van der Waals surface area (Å²) in [6.45, 7) is 2.16. The Morgan fingerprint density at radius 3 is 2.54 bits per heavy atom. The average Bonchev–Trinajstić information content (AvgIpc) is 3.30. The van der Waals surface area contributed by atoms with E-state index in [0.29, 0.717) is 26.1 Å². The van der Waals surface area contributed by atoms with E-state index in [-0.39, 0.29) is 10.3 Å². The number of sulfonamides is 1. The van der Waals surface area contributed by atoms with Gasteiger partial charge >= 0.3 is 6.18 Å². The van der Waals surface area contributed by atoms with Crippen molar-refractivity contribution in [2.45, 2.75) is 23.9 Å². The fourth-order valence-corrected chi connectivity index (χ4v) is 5.71. The van der Waals surface area contributed by atoms with E-state index in [1.165, 1.54) is 10.4 Å². The van der Waals surface area contributed by atoms with Gasteiger partial charge in [-0.25, -0.2) is 8.42 Å². The maximum Gasteiger partial charge on any atom is 0.416 e. The maximum atomic E-state index is 13.0. The van der Waals surface area contributed by atoms with Crippen LogP contribution in [0.15, 0.2) is 53.7 Å². The highest BCUT2D eigenvalue weighted by atomic mass is 32.2. The Balaban J connectivity index is 1.53. The zero-order valence-electron chi connectivity index (χ0n) is 15.1. The van der Waals surface area contributed by atoms with Gasteiger partial charge in [0.25, 0.3) is 0 Å². The Morgan fingerprint density at radius 1 is 1.04 bits per heavy atom. The van der Waals surface area contributed by atoms with Crippen molar-refractivity contribution in [3.8, 4) is 0 Å². The summed E-state index contributed by atoms with van der Waals surface area (Å²) in [7, 11) is -3.96. The average molecular weight is 411 g/mol. The molecule has 4 rings (SSSR count). The molecule has 2 saturated heterocycles. The van der Waals surface area contributed by atoms with Gasteiger partial charge in [0.15, 0.2) is 0 Å². The van der Waals surface area contributed by atoms with Crippen LogP contribution in [0.3, 0.4) is 0 Å². The summed E-state index contributed by atoms with van der Waals surface area (Å²) in [6, 6.07) is 7.80. The van der Waals surface area contributed by atoms with Gasteiger partial charge in [-0.3, -0.25) is 4.98 Å². The van der Waals surface area contributed by atoms with E-state index >= 15 is 0 Å². The molecule has 150 valence electrons. The predicted molar refractivity (Wildman–Crippen MR) is 98.3 cm³/mol. The first kappa shape index (κ1) is 19.2. The second-order valence-corrected chi connectivity index (χ2v) is 9.43. The summed E-state index contributed by atoms with van der Waals surface area (Å²) in [4.78, 5) is 6.01. The van der Waals surface area contributed by atoms with Crippen LogP contribution in [0.25, 0.3) is 0 Å². The van der Waals surface area contributed by atoms with Gasteiger partial charge in [-0.15, -0.1) is 0 Å². The molecule has 0 saturated carbocycles. The van der Waals surface area contributed by atoms with Crippen molar-refractivity contribution >= 4 is 15.7 Å². The summed E-state index contributed by atoms with van der Waals surface area (Å²) >= 11 is 0. The number of nitrogens with zero attached hydrogens (tertiary/aromatic N) is 3. The van der Waals surface area contributed by atoms with Crippen molar-refractivity contribution in [1.82, 2.24) is 9.29 Å². The summed E-state index contributed by atoms with van der Waals surface area (Å²) in [5, 5.41) is 0. The van der Waals surface area contributed by atoms with E-state index in [9.17, 15) is 21.6 Å². The molecule has 2 aromatic rings. The number of aromatic nitrogens is 1. The van der Waals surface area contributed by atoms with Crippen LogP contribution in [-0.4, -0.2) is 43.9 Å². The second-order valence-electron chi connectivity index (χ2n) is 7.50. The van der Waals surface area contributed by atoms with E-state index < -0.39 is 21.8 Å². The van der Waals surface area contributed by atoms with Crippen LogP contribution >= 0.6 is 0 Å². The maximum absolute atomic E-state index is 13.0. The first-order valence-corrected chi connectivity index (χ1v) is 10.5. The largest absolute Gasteiger partial charge is 0.416 e. The number of anilines is 1. The Bertz CT molecular complexity index is 966. The zero-order chi connectivity index (χ0) is 20.0. The molecule has 0 bridgehead atoms. The van der Waals surface area contributed by atoms with Gasteiger partial charge in [-0.1, -0.05) is 6.07 Å². The van der Waals surface area contributed by atoms with Crippen molar-refractivity contribution in [2.75, 3.05) is 31.1 Å². The van der Waals surface area contributed by atoms with Crippen LogP contribution in [0.2, 0.25) is 0 Å². The molecule has 1 aromatic heterocycles. The fraction of sp³-hybridized carbons (Fsp3) is 0.421. The molecule has 1 unspecified atom stereocenters. The van der Waals surface area contributed by atoms with E-state index in [1.807, 2.05) is 12.1 Å². The highest BCUT2D eigenvalue weighted by Crippen LogP contribution is 2.42. The molecule has 1 atom stereocenters. The molecule has 0 amide bonds. The Labute approximate surface area is 161 Å². The summed E-state index contributed by atoms with van der Waals surface area (Å²) in [5.41, 5.74) is -0.130. The van der Waals surface area contributed by atoms with Gasteiger partial charge in [0.05, 0.1) is 22.3 Å². The molecule has 28 heavy (non-hydrogen) atoms. The first-order valence-electron chi connectivity index (χ1n) is 9.02. The van der Waals surface area contributed by atoms with E-state index in [2.05, 4.69) is 9.88 Å². The molecule has 0 aliphatic carbocycles. The predicted octanol–water partition coefficient (Wildman–Crippen LogP) is 3.39. The SMILES string of the molecule is O=S(=O)(c1cccc(C(F)(F)F)c1)N1CCC2(CCN(c3cccnc3)C2)C1. The van der Waals surface area contributed by atoms with Crippen LogP contribution in [0, 0.1) is 5.41 Å². The molecular formula is C19H20F3N3O2S. The van der Waals surface area contributed by atoms with Gasteiger partial charge in [-0.05, 0) is 43.2 Å². The van der Waals surface area contributed by atoms with E-state index in [0.717, 1.165) is 36.9 Å². The third-order valence-electron chi connectivity index (χ3n) is 5.65. The van der Waals surface area contributed by atoms with Crippen LogP contribution in [0.4, 0.5) is 18.9 Å². The molecule has 3 heterocycles. The summed E-state index contributed by atoms with van der Waals surface area (Å²) in [6.07, 6.45) is 0.450. The molecule has 2 fully saturated rings. The quantitative estimate of drug-likeness (QED) is 0.777. The molecule has 2 aliphatic rings. The Hall–Kier alpha value is -2.13. The van der Waals surface area contributed by atoms with Crippen molar-refractivity contribution in [3.05, 3.63) is 54.4 Å².